The minimum absolute atomic E-state index is 0.140. The van der Waals surface area contributed by atoms with Crippen molar-refractivity contribution in [3.63, 3.8) is 0 Å². The molecule has 0 saturated heterocycles. The van der Waals surface area contributed by atoms with E-state index in [4.69, 9.17) is 15.4 Å². The highest BCUT2D eigenvalue weighted by Gasteiger charge is 2.14. The summed E-state index contributed by atoms with van der Waals surface area (Å²) in [7, 11) is 0. The topological polar surface area (TPSA) is 104 Å². The monoisotopic (exact) mass is 268 g/mol. The van der Waals surface area contributed by atoms with Gasteiger partial charge >= 0.3 is 0 Å². The van der Waals surface area contributed by atoms with E-state index >= 15 is 0 Å². The molecule has 0 aliphatic rings. The molecule has 20 heavy (non-hydrogen) atoms. The number of nitrogens with two attached hydrogens (primary N) is 1. The van der Waals surface area contributed by atoms with Crippen molar-refractivity contribution in [3.05, 3.63) is 36.1 Å². The third-order valence-electron chi connectivity index (χ3n) is 2.59. The number of amides is 1. The van der Waals surface area contributed by atoms with E-state index in [-0.39, 0.29) is 11.8 Å². The van der Waals surface area contributed by atoms with Crippen LogP contribution < -0.4 is 11.1 Å². The number of rotatable bonds is 3. The number of nitrogens with zero attached hydrogens (tertiary/aromatic N) is 2. The first-order valence-electron chi connectivity index (χ1n) is 5.79. The molecule has 100 valence electrons. The summed E-state index contributed by atoms with van der Waals surface area (Å²) in [6, 6.07) is 9.10. The second kappa shape index (κ2) is 5.71. The van der Waals surface area contributed by atoms with Crippen LogP contribution in [-0.2, 0) is 4.79 Å². The summed E-state index contributed by atoms with van der Waals surface area (Å²) >= 11 is 0. The van der Waals surface area contributed by atoms with Crippen molar-refractivity contribution in [1.82, 2.24) is 0 Å². The van der Waals surface area contributed by atoms with Gasteiger partial charge in [-0.1, -0.05) is 12.1 Å². The van der Waals surface area contributed by atoms with E-state index in [1.807, 2.05) is 6.07 Å². The molecule has 0 aliphatic carbocycles. The van der Waals surface area contributed by atoms with Crippen molar-refractivity contribution >= 4 is 23.8 Å². The van der Waals surface area contributed by atoms with Gasteiger partial charge in [-0.25, -0.2) is 4.99 Å². The molecule has 3 N–H and O–H groups in total. The average molecular weight is 268 g/mol. The van der Waals surface area contributed by atoms with Crippen LogP contribution in [0, 0.1) is 11.3 Å². The zero-order valence-electron chi connectivity index (χ0n) is 10.8. The summed E-state index contributed by atoms with van der Waals surface area (Å²) in [5, 5.41) is 11.8. The number of hydrogen-bond donors (Lipinski definition) is 2. The molecule has 0 atom stereocenters. The van der Waals surface area contributed by atoms with E-state index in [1.54, 1.807) is 24.3 Å². The lowest BCUT2D eigenvalue weighted by molar-refractivity contribution is -0.114. The molecule has 1 heterocycles. The number of hydrogen-bond acceptors (Lipinski definition) is 4. The summed E-state index contributed by atoms with van der Waals surface area (Å²) in [5.74, 6) is 0.0364. The van der Waals surface area contributed by atoms with Gasteiger partial charge < -0.3 is 15.5 Å². The zero-order chi connectivity index (χ0) is 14.5. The van der Waals surface area contributed by atoms with Crippen molar-refractivity contribution < 1.29 is 9.21 Å². The van der Waals surface area contributed by atoms with E-state index < -0.39 is 0 Å². The standard InChI is InChI=1S/C14H12N4O2/c1-9(19)18-11-4-2-10(3-5-11)13-7-20-14(17-8-16)12(13)6-15/h2-5,7-8H,1H3,(H2,16,17)(H,18,19). The van der Waals surface area contributed by atoms with Gasteiger partial charge in [-0.2, -0.15) is 5.26 Å². The Morgan fingerprint density at radius 3 is 2.70 bits per heavy atom. The Kier molecular flexibility index (Phi) is 3.82. The number of nitriles is 1. The average Bonchev–Trinajstić information content (AvgIpc) is 2.82. The highest BCUT2D eigenvalue weighted by Crippen LogP contribution is 2.32. The Labute approximate surface area is 115 Å². The van der Waals surface area contributed by atoms with Gasteiger partial charge in [0.2, 0.25) is 11.8 Å². The molecule has 1 aromatic carbocycles. The second-order valence-corrected chi connectivity index (χ2v) is 3.98. The van der Waals surface area contributed by atoms with Gasteiger partial charge in [-0.3, -0.25) is 4.79 Å². The molecule has 0 radical (unpaired) electrons. The molecule has 0 bridgehead atoms. The van der Waals surface area contributed by atoms with Crippen LogP contribution in [0.1, 0.15) is 12.5 Å². The highest BCUT2D eigenvalue weighted by molar-refractivity contribution is 5.89. The second-order valence-electron chi connectivity index (χ2n) is 3.98. The fourth-order valence-corrected chi connectivity index (χ4v) is 1.77. The van der Waals surface area contributed by atoms with Crippen LogP contribution in [0.4, 0.5) is 11.6 Å². The number of carbonyl (C=O) groups excluding carboxylic acids is 1. The molecule has 1 amide bonds. The fourth-order valence-electron chi connectivity index (χ4n) is 1.77. The Morgan fingerprint density at radius 2 is 2.15 bits per heavy atom. The molecule has 0 spiro atoms. The van der Waals surface area contributed by atoms with Crippen molar-refractivity contribution in [2.45, 2.75) is 6.92 Å². The van der Waals surface area contributed by atoms with Gasteiger partial charge in [-0.15, -0.1) is 0 Å². The molecule has 0 unspecified atom stereocenters. The van der Waals surface area contributed by atoms with Gasteiger partial charge in [0.05, 0.1) is 6.34 Å². The molecule has 0 aliphatic heterocycles. The van der Waals surface area contributed by atoms with Gasteiger partial charge in [0.15, 0.2) is 0 Å². The van der Waals surface area contributed by atoms with Crippen LogP contribution in [0.5, 0.6) is 0 Å². The van der Waals surface area contributed by atoms with E-state index in [9.17, 15) is 4.79 Å². The molecule has 2 rings (SSSR count). The van der Waals surface area contributed by atoms with Crippen molar-refractivity contribution in [2.75, 3.05) is 5.32 Å². The van der Waals surface area contributed by atoms with Crippen LogP contribution >= 0.6 is 0 Å². The third-order valence-corrected chi connectivity index (χ3v) is 2.59. The van der Waals surface area contributed by atoms with Crippen molar-refractivity contribution in [3.8, 4) is 17.2 Å². The quantitative estimate of drug-likeness (QED) is 0.658. The van der Waals surface area contributed by atoms with E-state index in [0.29, 0.717) is 16.8 Å². The van der Waals surface area contributed by atoms with Gasteiger partial charge in [0.25, 0.3) is 0 Å². The van der Waals surface area contributed by atoms with E-state index in [0.717, 1.165) is 11.9 Å². The number of aliphatic imine (C=N–C) groups is 1. The first-order chi connectivity index (χ1) is 9.65. The van der Waals surface area contributed by atoms with Crippen molar-refractivity contribution in [2.24, 2.45) is 10.7 Å². The molecule has 1 aromatic heterocycles. The molecular formula is C14H12N4O2. The van der Waals surface area contributed by atoms with E-state index in [2.05, 4.69) is 10.3 Å². The summed E-state index contributed by atoms with van der Waals surface area (Å²) in [5.41, 5.74) is 7.62. The largest absolute Gasteiger partial charge is 0.445 e. The van der Waals surface area contributed by atoms with Gasteiger partial charge in [0.1, 0.15) is 17.9 Å². The minimum Gasteiger partial charge on any atom is -0.445 e. The number of benzene rings is 1. The van der Waals surface area contributed by atoms with Crippen LogP contribution in [0.3, 0.4) is 0 Å². The molecule has 0 saturated carbocycles. The number of furan rings is 1. The number of carbonyl (C=O) groups is 1. The summed E-state index contributed by atoms with van der Waals surface area (Å²) in [6.07, 6.45) is 2.53. The maximum atomic E-state index is 10.9. The van der Waals surface area contributed by atoms with Gasteiger partial charge in [-0.05, 0) is 17.7 Å². The molecule has 2 aromatic rings. The predicted octanol–water partition coefficient (Wildman–Crippen LogP) is 2.40. The third kappa shape index (κ3) is 2.67. The minimum atomic E-state index is -0.140. The van der Waals surface area contributed by atoms with Crippen molar-refractivity contribution in [1.29, 1.82) is 5.26 Å². The lowest BCUT2D eigenvalue weighted by Gasteiger charge is -2.03. The fraction of sp³-hybridized carbons (Fsp3) is 0.0714. The lowest BCUT2D eigenvalue weighted by Crippen LogP contribution is -2.05. The molecule has 6 nitrogen and oxygen atoms in total. The maximum Gasteiger partial charge on any atom is 0.238 e. The van der Waals surface area contributed by atoms with Crippen LogP contribution in [0.25, 0.3) is 11.1 Å². The van der Waals surface area contributed by atoms with Crippen LogP contribution in [0.2, 0.25) is 0 Å². The summed E-state index contributed by atoms with van der Waals surface area (Å²) in [4.78, 5) is 14.7. The Morgan fingerprint density at radius 1 is 1.45 bits per heavy atom. The molecule has 6 heteroatoms. The first kappa shape index (κ1) is 13.4. The zero-order valence-corrected chi connectivity index (χ0v) is 10.8. The lowest BCUT2D eigenvalue weighted by atomic mass is 10.0. The predicted molar refractivity (Wildman–Crippen MR) is 75.5 cm³/mol. The maximum absolute atomic E-state index is 10.9. The van der Waals surface area contributed by atoms with E-state index in [1.165, 1.54) is 13.2 Å². The first-order valence-corrected chi connectivity index (χ1v) is 5.79. The highest BCUT2D eigenvalue weighted by atomic mass is 16.3. The molecule has 0 fully saturated rings. The Bertz CT molecular complexity index is 693. The summed E-state index contributed by atoms with van der Waals surface area (Å²) < 4.78 is 5.21. The SMILES string of the molecule is CC(=O)Nc1ccc(-c2coc(/N=C/N)c2C#N)cc1. The summed E-state index contributed by atoms with van der Waals surface area (Å²) in [6.45, 7) is 1.44. The Balaban J connectivity index is 2.37. The van der Waals surface area contributed by atoms with Crippen LogP contribution in [0.15, 0.2) is 39.9 Å². The number of anilines is 1. The van der Waals surface area contributed by atoms with Gasteiger partial charge in [0, 0.05) is 18.2 Å². The number of nitrogens with one attached hydrogen (secondary N) is 1. The normalized spacial score (nSPS) is 10.4. The smallest absolute Gasteiger partial charge is 0.238 e. The molecular weight excluding hydrogens is 256 g/mol. The Hall–Kier alpha value is -3.07. The van der Waals surface area contributed by atoms with Crippen LogP contribution in [-0.4, -0.2) is 12.2 Å².